The van der Waals surface area contributed by atoms with Gasteiger partial charge in [0.2, 0.25) is 0 Å². The first-order valence-corrected chi connectivity index (χ1v) is 7.56. The van der Waals surface area contributed by atoms with E-state index in [0.717, 1.165) is 17.5 Å². The SMILES string of the molecule is Cc1ccc(Cn2nc3n(c2=O)C(C)(OC(=O)O)CCC3)cc1. The Morgan fingerprint density at radius 3 is 2.74 bits per heavy atom. The Morgan fingerprint density at radius 2 is 2.09 bits per heavy atom. The third-order valence-electron chi connectivity index (χ3n) is 4.18. The quantitative estimate of drug-likeness (QED) is 0.876. The molecule has 0 amide bonds. The molecule has 1 aromatic carbocycles. The number of aromatic nitrogens is 3. The smallest absolute Gasteiger partial charge is 0.450 e. The van der Waals surface area contributed by atoms with E-state index in [-0.39, 0.29) is 5.69 Å². The lowest BCUT2D eigenvalue weighted by molar-refractivity contribution is -0.0775. The Kier molecular flexibility index (Phi) is 3.71. The number of ether oxygens (including phenoxy) is 1. The lowest BCUT2D eigenvalue weighted by atomic mass is 10.0. The summed E-state index contributed by atoms with van der Waals surface area (Å²) < 4.78 is 7.74. The number of hydrogen-bond acceptors (Lipinski definition) is 4. The van der Waals surface area contributed by atoms with Crippen LogP contribution in [0.5, 0.6) is 0 Å². The maximum atomic E-state index is 12.7. The molecule has 23 heavy (non-hydrogen) atoms. The van der Waals surface area contributed by atoms with Gasteiger partial charge in [0.1, 0.15) is 5.82 Å². The monoisotopic (exact) mass is 317 g/mol. The van der Waals surface area contributed by atoms with Crippen molar-refractivity contribution >= 4 is 6.16 Å². The van der Waals surface area contributed by atoms with Crippen LogP contribution >= 0.6 is 0 Å². The average molecular weight is 317 g/mol. The Morgan fingerprint density at radius 1 is 1.39 bits per heavy atom. The topological polar surface area (TPSA) is 86.4 Å². The Labute approximate surface area is 133 Å². The summed E-state index contributed by atoms with van der Waals surface area (Å²) in [6.45, 7) is 3.96. The summed E-state index contributed by atoms with van der Waals surface area (Å²) in [5.41, 5.74) is 0.577. The summed E-state index contributed by atoms with van der Waals surface area (Å²) in [5, 5.41) is 13.3. The molecule has 2 heterocycles. The van der Waals surface area contributed by atoms with Crippen LogP contribution in [0.25, 0.3) is 0 Å². The number of nitrogens with zero attached hydrogens (tertiary/aromatic N) is 3. The zero-order chi connectivity index (χ0) is 16.6. The molecule has 1 aliphatic rings. The molecule has 0 bridgehead atoms. The van der Waals surface area contributed by atoms with Gasteiger partial charge >= 0.3 is 11.8 Å². The van der Waals surface area contributed by atoms with Crippen molar-refractivity contribution in [1.82, 2.24) is 14.3 Å². The van der Waals surface area contributed by atoms with Crippen LogP contribution in [0.15, 0.2) is 29.1 Å². The van der Waals surface area contributed by atoms with Gasteiger partial charge in [-0.15, -0.1) is 0 Å². The van der Waals surface area contributed by atoms with Crippen LogP contribution in [0.3, 0.4) is 0 Å². The summed E-state index contributed by atoms with van der Waals surface area (Å²) in [6, 6.07) is 7.86. The number of fused-ring (bicyclic) bond motifs is 1. The number of benzene rings is 1. The average Bonchev–Trinajstić information content (AvgIpc) is 2.78. The maximum Gasteiger partial charge on any atom is 0.507 e. The van der Waals surface area contributed by atoms with Gasteiger partial charge in [0.25, 0.3) is 0 Å². The van der Waals surface area contributed by atoms with Gasteiger partial charge in [-0.05, 0) is 25.8 Å². The molecule has 7 heteroatoms. The lowest BCUT2D eigenvalue weighted by Crippen LogP contribution is -2.45. The highest BCUT2D eigenvalue weighted by molar-refractivity contribution is 5.57. The van der Waals surface area contributed by atoms with E-state index < -0.39 is 11.9 Å². The van der Waals surface area contributed by atoms with E-state index in [4.69, 9.17) is 9.84 Å². The van der Waals surface area contributed by atoms with Crippen molar-refractivity contribution < 1.29 is 14.6 Å². The highest BCUT2D eigenvalue weighted by Gasteiger charge is 2.39. The van der Waals surface area contributed by atoms with Gasteiger partial charge in [-0.1, -0.05) is 29.8 Å². The van der Waals surface area contributed by atoms with Crippen molar-refractivity contribution in [3.05, 3.63) is 51.7 Å². The molecular weight excluding hydrogens is 298 g/mol. The molecule has 0 radical (unpaired) electrons. The summed E-state index contributed by atoms with van der Waals surface area (Å²) in [4.78, 5) is 23.6. The van der Waals surface area contributed by atoms with E-state index in [1.807, 2.05) is 31.2 Å². The fourth-order valence-corrected chi connectivity index (χ4v) is 3.03. The number of carbonyl (C=O) groups is 1. The van der Waals surface area contributed by atoms with Crippen molar-refractivity contribution in [3.8, 4) is 0 Å². The van der Waals surface area contributed by atoms with E-state index in [1.165, 1.54) is 9.25 Å². The third kappa shape index (κ3) is 2.86. The minimum Gasteiger partial charge on any atom is -0.450 e. The minimum atomic E-state index is -1.39. The Bertz CT molecular complexity index is 791. The van der Waals surface area contributed by atoms with E-state index in [1.54, 1.807) is 6.92 Å². The van der Waals surface area contributed by atoms with Crippen molar-refractivity contribution in [2.45, 2.75) is 45.4 Å². The number of aryl methyl sites for hydroxylation is 2. The molecule has 0 saturated carbocycles. The summed E-state index contributed by atoms with van der Waals surface area (Å²) >= 11 is 0. The molecule has 1 atom stereocenters. The van der Waals surface area contributed by atoms with Crippen molar-refractivity contribution in [2.75, 3.05) is 0 Å². The molecule has 2 aromatic rings. The fourth-order valence-electron chi connectivity index (χ4n) is 3.03. The second-order valence-corrected chi connectivity index (χ2v) is 6.07. The van der Waals surface area contributed by atoms with Crippen LogP contribution in [0.2, 0.25) is 0 Å². The Hall–Kier alpha value is -2.57. The summed E-state index contributed by atoms with van der Waals surface area (Å²) in [5.74, 6) is 0.567. The normalized spacial score (nSPS) is 20.1. The first-order valence-electron chi connectivity index (χ1n) is 7.56. The van der Waals surface area contributed by atoms with E-state index in [0.29, 0.717) is 25.2 Å². The molecule has 1 N–H and O–H groups in total. The minimum absolute atomic E-state index is 0.343. The summed E-state index contributed by atoms with van der Waals surface area (Å²) in [7, 11) is 0. The van der Waals surface area contributed by atoms with Gasteiger partial charge in [-0.25, -0.2) is 18.8 Å². The van der Waals surface area contributed by atoms with Crippen LogP contribution in [0.4, 0.5) is 4.79 Å². The lowest BCUT2D eigenvalue weighted by Gasteiger charge is -2.32. The van der Waals surface area contributed by atoms with E-state index in [9.17, 15) is 9.59 Å². The zero-order valence-corrected chi connectivity index (χ0v) is 13.2. The van der Waals surface area contributed by atoms with Gasteiger partial charge in [0.15, 0.2) is 5.72 Å². The molecule has 0 aliphatic carbocycles. The number of carboxylic acid groups (broad SMARTS) is 1. The predicted molar refractivity (Wildman–Crippen MR) is 82.5 cm³/mol. The second kappa shape index (κ2) is 5.57. The van der Waals surface area contributed by atoms with Gasteiger partial charge in [-0.3, -0.25) is 0 Å². The molecular formula is C16H19N3O4. The first kappa shape index (κ1) is 15.3. The molecule has 3 rings (SSSR count). The molecule has 122 valence electrons. The van der Waals surface area contributed by atoms with E-state index >= 15 is 0 Å². The largest absolute Gasteiger partial charge is 0.507 e. The van der Waals surface area contributed by atoms with Crippen LogP contribution in [-0.2, 0) is 23.4 Å². The molecule has 0 spiro atoms. The highest BCUT2D eigenvalue weighted by atomic mass is 16.7. The standard InChI is InChI=1S/C16H19N3O4/c1-11-5-7-12(8-6-11)10-18-14(20)19-13(17-18)4-3-9-16(19,2)23-15(21)22/h5-8H,3-4,9-10H2,1-2H3,(H,21,22). The maximum absolute atomic E-state index is 12.7. The summed E-state index contributed by atoms with van der Waals surface area (Å²) in [6.07, 6.45) is 0.431. The third-order valence-corrected chi connectivity index (χ3v) is 4.18. The van der Waals surface area contributed by atoms with Crippen molar-refractivity contribution in [3.63, 3.8) is 0 Å². The molecule has 1 unspecified atom stereocenters. The molecule has 1 aliphatic heterocycles. The van der Waals surface area contributed by atoms with Crippen LogP contribution in [-0.4, -0.2) is 25.6 Å². The molecule has 0 saturated heterocycles. The van der Waals surface area contributed by atoms with Gasteiger partial charge < -0.3 is 9.84 Å². The van der Waals surface area contributed by atoms with Crippen LogP contribution < -0.4 is 5.69 Å². The van der Waals surface area contributed by atoms with E-state index in [2.05, 4.69) is 5.10 Å². The highest BCUT2D eigenvalue weighted by Crippen LogP contribution is 2.29. The zero-order valence-electron chi connectivity index (χ0n) is 13.2. The predicted octanol–water partition coefficient (Wildman–Crippen LogP) is 2.11. The second-order valence-electron chi connectivity index (χ2n) is 6.07. The van der Waals surface area contributed by atoms with Gasteiger partial charge in [0.05, 0.1) is 6.54 Å². The van der Waals surface area contributed by atoms with Crippen molar-refractivity contribution in [2.24, 2.45) is 0 Å². The Balaban J connectivity index is 1.98. The molecule has 7 nitrogen and oxygen atoms in total. The molecule has 0 fully saturated rings. The fraction of sp³-hybridized carbons (Fsp3) is 0.438. The molecule has 1 aromatic heterocycles. The van der Waals surface area contributed by atoms with Gasteiger partial charge in [0, 0.05) is 12.8 Å². The number of hydrogen-bond donors (Lipinski definition) is 1. The van der Waals surface area contributed by atoms with Crippen LogP contribution in [0.1, 0.15) is 36.7 Å². The van der Waals surface area contributed by atoms with Crippen LogP contribution in [0, 0.1) is 6.92 Å². The van der Waals surface area contributed by atoms with Gasteiger partial charge in [-0.2, -0.15) is 5.10 Å². The number of rotatable bonds is 3. The first-order chi connectivity index (χ1) is 10.9. The van der Waals surface area contributed by atoms with Crippen molar-refractivity contribution in [1.29, 1.82) is 0 Å².